The molecule has 2 heterocycles. The smallest absolute Gasteiger partial charge is 0.266 e. The predicted octanol–water partition coefficient (Wildman–Crippen LogP) is 4.28. The fraction of sp³-hybridized carbons (Fsp3) is 0.154. The molecule has 3 aromatic rings. The highest BCUT2D eigenvalue weighted by atomic mass is 35.5. The summed E-state index contributed by atoms with van der Waals surface area (Å²) in [6, 6.07) is 18.1. The number of amides is 4. The topological polar surface area (TPSA) is 96.0 Å². The summed E-state index contributed by atoms with van der Waals surface area (Å²) in [5, 5.41) is 2.83. The van der Waals surface area contributed by atoms with Gasteiger partial charge in [0.1, 0.15) is 5.75 Å². The van der Waals surface area contributed by atoms with E-state index in [-0.39, 0.29) is 23.2 Å². The number of nitrogens with zero attached hydrogens (tertiary/aromatic N) is 2. The molecule has 0 atom stereocenters. The number of hydrogen-bond acceptors (Lipinski definition) is 5. The molecule has 0 unspecified atom stereocenters. The van der Waals surface area contributed by atoms with Gasteiger partial charge in [0, 0.05) is 24.3 Å². The Kier molecular flexibility index (Phi) is 5.96. The monoisotopic (exact) mass is 489 g/mol. The molecule has 0 spiro atoms. The van der Waals surface area contributed by atoms with E-state index in [2.05, 4.69) is 5.32 Å². The summed E-state index contributed by atoms with van der Waals surface area (Å²) in [5.74, 6) is -0.704. The van der Waals surface area contributed by atoms with Gasteiger partial charge in [-0.3, -0.25) is 19.2 Å². The number of carbonyl (C=O) groups excluding carboxylic acids is 4. The second kappa shape index (κ2) is 9.23. The first-order chi connectivity index (χ1) is 16.9. The lowest BCUT2D eigenvalue weighted by atomic mass is 10.1. The summed E-state index contributed by atoms with van der Waals surface area (Å²) in [7, 11) is 0. The lowest BCUT2D eigenvalue weighted by Gasteiger charge is -2.17. The molecule has 8 nitrogen and oxygen atoms in total. The molecule has 0 saturated carbocycles. The van der Waals surface area contributed by atoms with Gasteiger partial charge >= 0.3 is 0 Å². The van der Waals surface area contributed by atoms with E-state index >= 15 is 0 Å². The second-order valence-electron chi connectivity index (χ2n) is 8.14. The summed E-state index contributed by atoms with van der Waals surface area (Å²) in [6.07, 6.45) is 1.41. The summed E-state index contributed by atoms with van der Waals surface area (Å²) in [4.78, 5) is 52.4. The maximum Gasteiger partial charge on any atom is 0.266 e. The van der Waals surface area contributed by atoms with Gasteiger partial charge in [-0.25, -0.2) is 4.90 Å². The van der Waals surface area contributed by atoms with E-state index in [1.54, 1.807) is 59.5 Å². The molecule has 5 rings (SSSR count). The van der Waals surface area contributed by atoms with Crippen LogP contribution in [0.4, 0.5) is 17.1 Å². The van der Waals surface area contributed by atoms with Crippen LogP contribution in [0.1, 0.15) is 33.6 Å². The molecule has 9 heteroatoms. The average molecular weight is 490 g/mol. The molecule has 35 heavy (non-hydrogen) atoms. The van der Waals surface area contributed by atoms with Crippen molar-refractivity contribution >= 4 is 52.3 Å². The molecule has 0 radical (unpaired) electrons. The molecule has 0 aromatic heterocycles. The quantitative estimate of drug-likeness (QED) is 0.521. The number of fused-ring (bicyclic) bond motifs is 1. The molecule has 2 aliphatic heterocycles. The van der Waals surface area contributed by atoms with Crippen LogP contribution in [-0.4, -0.2) is 36.8 Å². The Hall–Kier alpha value is -4.17. The first-order valence-electron chi connectivity index (χ1n) is 11.0. The van der Waals surface area contributed by atoms with Gasteiger partial charge in [0.05, 0.1) is 21.8 Å². The van der Waals surface area contributed by atoms with E-state index in [1.165, 1.54) is 12.1 Å². The summed E-state index contributed by atoms with van der Waals surface area (Å²) < 4.78 is 5.54. The zero-order chi connectivity index (χ0) is 24.5. The lowest BCUT2D eigenvalue weighted by molar-refractivity contribution is -0.118. The molecule has 1 fully saturated rings. The van der Waals surface area contributed by atoms with Crippen molar-refractivity contribution in [2.75, 3.05) is 28.3 Å². The first kappa shape index (κ1) is 22.6. The lowest BCUT2D eigenvalue weighted by Crippen LogP contribution is -2.29. The number of imide groups is 1. The van der Waals surface area contributed by atoms with Crippen LogP contribution in [0.15, 0.2) is 66.7 Å². The third kappa shape index (κ3) is 4.36. The summed E-state index contributed by atoms with van der Waals surface area (Å²) in [5.41, 5.74) is 2.08. The van der Waals surface area contributed by atoms with Crippen LogP contribution in [0, 0.1) is 0 Å². The third-order valence-electron chi connectivity index (χ3n) is 5.86. The average Bonchev–Trinajstić information content (AvgIpc) is 3.39. The summed E-state index contributed by atoms with van der Waals surface area (Å²) in [6.45, 7) is 0.468. The van der Waals surface area contributed by atoms with Crippen LogP contribution in [0.5, 0.6) is 5.75 Å². The number of anilines is 3. The van der Waals surface area contributed by atoms with Crippen molar-refractivity contribution in [1.29, 1.82) is 0 Å². The van der Waals surface area contributed by atoms with Crippen LogP contribution in [0.25, 0.3) is 0 Å². The van der Waals surface area contributed by atoms with E-state index < -0.39 is 17.7 Å². The highest BCUT2D eigenvalue weighted by Crippen LogP contribution is 2.34. The van der Waals surface area contributed by atoms with Crippen molar-refractivity contribution in [2.24, 2.45) is 0 Å². The number of carbonyl (C=O) groups is 4. The summed E-state index contributed by atoms with van der Waals surface area (Å²) >= 11 is 6.36. The van der Waals surface area contributed by atoms with Crippen molar-refractivity contribution in [1.82, 2.24) is 0 Å². The van der Waals surface area contributed by atoms with Gasteiger partial charge in [-0.15, -0.1) is 0 Å². The molecule has 176 valence electrons. The van der Waals surface area contributed by atoms with E-state index in [9.17, 15) is 19.2 Å². The van der Waals surface area contributed by atoms with Gasteiger partial charge in [-0.05, 0) is 61.0 Å². The molecule has 0 aliphatic carbocycles. The normalized spacial score (nSPS) is 14.9. The maximum absolute atomic E-state index is 12.7. The molecule has 3 aromatic carbocycles. The van der Waals surface area contributed by atoms with Gasteiger partial charge in [0.2, 0.25) is 5.91 Å². The SMILES string of the molecule is O=C(COc1ccc(N2CCCC2=O)cc1)Nc1ccc(N2C(=O)c3ccccc3C2=O)c(Cl)c1. The molecule has 4 amide bonds. The Morgan fingerprint density at radius 1 is 0.943 bits per heavy atom. The largest absolute Gasteiger partial charge is 0.484 e. The van der Waals surface area contributed by atoms with Crippen LogP contribution in [0.3, 0.4) is 0 Å². The van der Waals surface area contributed by atoms with Gasteiger partial charge < -0.3 is 15.0 Å². The Bertz CT molecular complexity index is 1320. The van der Waals surface area contributed by atoms with E-state index in [0.717, 1.165) is 17.0 Å². The highest BCUT2D eigenvalue weighted by Gasteiger charge is 2.37. The third-order valence-corrected chi connectivity index (χ3v) is 6.16. The molecular weight excluding hydrogens is 470 g/mol. The molecule has 2 aliphatic rings. The van der Waals surface area contributed by atoms with Gasteiger partial charge in [-0.1, -0.05) is 23.7 Å². The van der Waals surface area contributed by atoms with Crippen molar-refractivity contribution in [2.45, 2.75) is 12.8 Å². The van der Waals surface area contributed by atoms with Crippen LogP contribution < -0.4 is 19.9 Å². The number of rotatable bonds is 6. The standard InChI is InChI=1S/C26H20ClN3O5/c27-21-14-16(7-12-22(21)30-25(33)19-4-1-2-5-20(19)26(30)34)28-23(31)15-35-18-10-8-17(9-11-18)29-13-3-6-24(29)32/h1-2,4-5,7-12,14H,3,6,13,15H2,(H,28,31). The highest BCUT2D eigenvalue weighted by molar-refractivity contribution is 6.40. The van der Waals surface area contributed by atoms with E-state index in [0.29, 0.717) is 35.5 Å². The number of ether oxygens (including phenoxy) is 1. The predicted molar refractivity (Wildman–Crippen MR) is 131 cm³/mol. The number of nitrogens with one attached hydrogen (secondary N) is 1. The Morgan fingerprint density at radius 3 is 2.23 bits per heavy atom. The van der Waals surface area contributed by atoms with Crippen molar-refractivity contribution in [3.8, 4) is 5.75 Å². The molecule has 0 bridgehead atoms. The van der Waals surface area contributed by atoms with Gasteiger partial charge in [-0.2, -0.15) is 0 Å². The molecule has 1 N–H and O–H groups in total. The minimum atomic E-state index is -0.446. The second-order valence-corrected chi connectivity index (χ2v) is 8.54. The number of halogens is 1. The van der Waals surface area contributed by atoms with E-state index in [4.69, 9.17) is 16.3 Å². The van der Waals surface area contributed by atoms with Crippen molar-refractivity contribution in [3.63, 3.8) is 0 Å². The van der Waals surface area contributed by atoms with Crippen molar-refractivity contribution in [3.05, 3.63) is 82.9 Å². The fourth-order valence-corrected chi connectivity index (χ4v) is 4.43. The van der Waals surface area contributed by atoms with Gasteiger partial charge in [0.15, 0.2) is 6.61 Å². The Labute approximate surface area is 206 Å². The maximum atomic E-state index is 12.7. The zero-order valence-corrected chi connectivity index (χ0v) is 19.2. The van der Waals surface area contributed by atoms with Crippen LogP contribution in [-0.2, 0) is 9.59 Å². The first-order valence-corrected chi connectivity index (χ1v) is 11.4. The molecular formula is C26H20ClN3O5. The van der Waals surface area contributed by atoms with Gasteiger partial charge in [0.25, 0.3) is 17.7 Å². The van der Waals surface area contributed by atoms with Crippen molar-refractivity contribution < 1.29 is 23.9 Å². The van der Waals surface area contributed by atoms with E-state index in [1.807, 2.05) is 0 Å². The minimum absolute atomic E-state index is 0.103. The Morgan fingerprint density at radius 2 is 1.63 bits per heavy atom. The fourth-order valence-electron chi connectivity index (χ4n) is 4.16. The number of benzene rings is 3. The van der Waals surface area contributed by atoms with Crippen LogP contribution >= 0.6 is 11.6 Å². The van der Waals surface area contributed by atoms with Crippen LogP contribution in [0.2, 0.25) is 5.02 Å². The zero-order valence-electron chi connectivity index (χ0n) is 18.5. The molecule has 1 saturated heterocycles. The minimum Gasteiger partial charge on any atom is -0.484 e. The Balaban J connectivity index is 1.20. The number of hydrogen-bond donors (Lipinski definition) is 1.